The van der Waals surface area contributed by atoms with Crippen molar-refractivity contribution in [2.75, 3.05) is 20.7 Å². The molecule has 24 heavy (non-hydrogen) atoms. The molecule has 7 heteroatoms. The molecule has 0 unspecified atom stereocenters. The van der Waals surface area contributed by atoms with Crippen molar-refractivity contribution >= 4 is 18.0 Å². The van der Waals surface area contributed by atoms with E-state index in [2.05, 4.69) is 10.1 Å². The van der Waals surface area contributed by atoms with Crippen molar-refractivity contribution in [3.05, 3.63) is 35.9 Å². The van der Waals surface area contributed by atoms with Crippen LogP contribution in [-0.4, -0.2) is 49.6 Å². The molecule has 0 aliphatic heterocycles. The highest BCUT2D eigenvalue weighted by molar-refractivity contribution is 5.87. The number of amides is 2. The molecule has 0 heterocycles. The Balaban J connectivity index is 2.47. The smallest absolute Gasteiger partial charge is 0.410 e. The van der Waals surface area contributed by atoms with Gasteiger partial charge in [0.15, 0.2) is 0 Å². The third kappa shape index (κ3) is 6.28. The van der Waals surface area contributed by atoms with E-state index in [1.54, 1.807) is 13.8 Å². The summed E-state index contributed by atoms with van der Waals surface area (Å²) in [6.45, 7) is 3.50. The lowest BCUT2D eigenvalue weighted by Gasteiger charge is -2.22. The van der Waals surface area contributed by atoms with Crippen molar-refractivity contribution < 1.29 is 23.9 Å². The number of rotatable bonds is 7. The summed E-state index contributed by atoms with van der Waals surface area (Å²) in [7, 11) is 2.71. The Morgan fingerprint density at radius 1 is 1.17 bits per heavy atom. The quantitative estimate of drug-likeness (QED) is 0.764. The number of carbonyl (C=O) groups is 3. The summed E-state index contributed by atoms with van der Waals surface area (Å²) in [4.78, 5) is 36.7. The fraction of sp³-hybridized carbons (Fsp3) is 0.471. The van der Waals surface area contributed by atoms with Crippen molar-refractivity contribution in [1.29, 1.82) is 0 Å². The van der Waals surface area contributed by atoms with Gasteiger partial charge in [-0.05, 0) is 11.5 Å². The van der Waals surface area contributed by atoms with E-state index in [9.17, 15) is 14.4 Å². The Morgan fingerprint density at radius 3 is 2.33 bits per heavy atom. The van der Waals surface area contributed by atoms with Crippen molar-refractivity contribution in [2.45, 2.75) is 26.5 Å². The van der Waals surface area contributed by atoms with Crippen LogP contribution in [0, 0.1) is 5.92 Å². The first kappa shape index (κ1) is 19.5. The molecule has 1 N–H and O–H groups in total. The van der Waals surface area contributed by atoms with Crippen LogP contribution in [0.15, 0.2) is 30.3 Å². The maximum atomic E-state index is 12.0. The summed E-state index contributed by atoms with van der Waals surface area (Å²) in [6.07, 6.45) is -0.617. The number of benzene rings is 1. The van der Waals surface area contributed by atoms with Crippen molar-refractivity contribution in [3.8, 4) is 0 Å². The third-order valence-electron chi connectivity index (χ3n) is 3.34. The Morgan fingerprint density at radius 2 is 1.79 bits per heavy atom. The fourth-order valence-corrected chi connectivity index (χ4v) is 1.95. The molecule has 1 rings (SSSR count). The predicted octanol–water partition coefficient (Wildman–Crippen LogP) is 1.57. The first-order valence-corrected chi connectivity index (χ1v) is 7.64. The van der Waals surface area contributed by atoms with Crippen molar-refractivity contribution in [1.82, 2.24) is 10.2 Å². The van der Waals surface area contributed by atoms with Gasteiger partial charge in [0.2, 0.25) is 5.91 Å². The van der Waals surface area contributed by atoms with Crippen LogP contribution >= 0.6 is 0 Å². The van der Waals surface area contributed by atoms with Gasteiger partial charge in [0.25, 0.3) is 0 Å². The molecule has 0 bridgehead atoms. The minimum Gasteiger partial charge on any atom is -0.467 e. The fourth-order valence-electron chi connectivity index (χ4n) is 1.95. The summed E-state index contributed by atoms with van der Waals surface area (Å²) >= 11 is 0. The number of esters is 1. The van der Waals surface area contributed by atoms with Crippen LogP contribution in [0.4, 0.5) is 4.79 Å². The van der Waals surface area contributed by atoms with E-state index in [1.165, 1.54) is 14.2 Å². The highest BCUT2D eigenvalue weighted by Crippen LogP contribution is 2.05. The van der Waals surface area contributed by atoms with E-state index >= 15 is 0 Å². The Kier molecular flexibility index (Phi) is 7.74. The number of nitrogens with one attached hydrogen (secondary N) is 1. The highest BCUT2D eigenvalue weighted by Gasteiger charge is 2.26. The van der Waals surface area contributed by atoms with Crippen molar-refractivity contribution in [2.24, 2.45) is 5.92 Å². The molecular weight excluding hydrogens is 312 g/mol. The minimum absolute atomic E-state index is 0.127. The van der Waals surface area contributed by atoms with Gasteiger partial charge in [0, 0.05) is 7.05 Å². The van der Waals surface area contributed by atoms with Gasteiger partial charge in [-0.3, -0.25) is 4.79 Å². The predicted molar refractivity (Wildman–Crippen MR) is 88.0 cm³/mol. The van der Waals surface area contributed by atoms with Gasteiger partial charge in [-0.15, -0.1) is 0 Å². The molecule has 0 saturated carbocycles. The molecule has 0 radical (unpaired) electrons. The van der Waals surface area contributed by atoms with Crippen LogP contribution in [0.2, 0.25) is 0 Å². The topological polar surface area (TPSA) is 84.9 Å². The number of methoxy groups -OCH3 is 1. The second kappa shape index (κ2) is 9.54. The lowest BCUT2D eigenvalue weighted by atomic mass is 10.0. The van der Waals surface area contributed by atoms with E-state index in [-0.39, 0.29) is 19.1 Å². The number of nitrogens with zero attached hydrogens (tertiary/aromatic N) is 1. The van der Waals surface area contributed by atoms with E-state index in [0.717, 1.165) is 10.5 Å². The second-order valence-electron chi connectivity index (χ2n) is 5.71. The number of hydrogen-bond acceptors (Lipinski definition) is 5. The number of carbonyl (C=O) groups excluding carboxylic acids is 3. The molecule has 0 spiro atoms. The Hall–Kier alpha value is -2.57. The SMILES string of the molecule is COC(=O)[C@@H](NC(=O)CN(C)C(=O)OCc1ccccc1)C(C)C. The summed E-state index contributed by atoms with van der Waals surface area (Å²) in [5, 5.41) is 2.56. The highest BCUT2D eigenvalue weighted by atomic mass is 16.6. The van der Waals surface area contributed by atoms with Gasteiger partial charge in [-0.1, -0.05) is 44.2 Å². The van der Waals surface area contributed by atoms with Crippen LogP contribution in [0.25, 0.3) is 0 Å². The van der Waals surface area contributed by atoms with E-state index in [0.29, 0.717) is 0 Å². The summed E-state index contributed by atoms with van der Waals surface area (Å²) in [5.74, 6) is -1.11. The van der Waals surface area contributed by atoms with Gasteiger partial charge >= 0.3 is 12.1 Å². The summed E-state index contributed by atoms with van der Waals surface area (Å²) in [5.41, 5.74) is 0.856. The molecule has 0 aliphatic carbocycles. The maximum Gasteiger partial charge on any atom is 0.410 e. The number of ether oxygens (including phenoxy) is 2. The zero-order chi connectivity index (χ0) is 18.1. The zero-order valence-corrected chi connectivity index (χ0v) is 14.4. The standard InChI is InChI=1S/C17H24N2O5/c1-12(2)15(16(21)23-4)18-14(20)10-19(3)17(22)24-11-13-8-6-5-7-9-13/h5-9,12,15H,10-11H2,1-4H3,(H,18,20)/t15-/m0/s1. The molecule has 0 aromatic heterocycles. The van der Waals surface area contributed by atoms with E-state index in [1.807, 2.05) is 30.3 Å². The molecule has 0 aliphatic rings. The van der Waals surface area contributed by atoms with Gasteiger partial charge in [-0.25, -0.2) is 9.59 Å². The molecular formula is C17H24N2O5. The Bertz CT molecular complexity index is 559. The minimum atomic E-state index is -0.753. The second-order valence-corrected chi connectivity index (χ2v) is 5.71. The van der Waals surface area contributed by atoms with Gasteiger partial charge < -0.3 is 19.7 Å². The summed E-state index contributed by atoms with van der Waals surface area (Å²) in [6, 6.07) is 8.48. The molecule has 1 aromatic carbocycles. The lowest BCUT2D eigenvalue weighted by Crippen LogP contribution is -2.48. The monoisotopic (exact) mass is 336 g/mol. The molecule has 2 amide bonds. The van der Waals surface area contributed by atoms with Crippen LogP contribution < -0.4 is 5.32 Å². The van der Waals surface area contributed by atoms with Gasteiger partial charge in [0.05, 0.1) is 7.11 Å². The molecule has 0 saturated heterocycles. The zero-order valence-electron chi connectivity index (χ0n) is 14.4. The van der Waals surface area contributed by atoms with Gasteiger partial charge in [-0.2, -0.15) is 0 Å². The number of likely N-dealkylation sites (N-methyl/N-ethyl adjacent to an activating group) is 1. The molecule has 1 atom stereocenters. The van der Waals surface area contributed by atoms with Gasteiger partial charge in [0.1, 0.15) is 19.2 Å². The van der Waals surface area contributed by atoms with Crippen LogP contribution in [0.5, 0.6) is 0 Å². The normalized spacial score (nSPS) is 11.5. The van der Waals surface area contributed by atoms with Crippen LogP contribution in [0.3, 0.4) is 0 Å². The number of hydrogen-bond donors (Lipinski definition) is 1. The van der Waals surface area contributed by atoms with Crippen molar-refractivity contribution in [3.63, 3.8) is 0 Å². The first-order valence-electron chi connectivity index (χ1n) is 7.64. The van der Waals surface area contributed by atoms with Crippen LogP contribution in [0.1, 0.15) is 19.4 Å². The molecule has 7 nitrogen and oxygen atoms in total. The maximum absolute atomic E-state index is 12.0. The summed E-state index contributed by atoms with van der Waals surface area (Å²) < 4.78 is 9.78. The molecule has 132 valence electrons. The van der Waals surface area contributed by atoms with Crippen LogP contribution in [-0.2, 0) is 25.7 Å². The average Bonchev–Trinajstić information content (AvgIpc) is 2.57. The first-order chi connectivity index (χ1) is 11.3. The lowest BCUT2D eigenvalue weighted by molar-refractivity contribution is -0.146. The van der Waals surface area contributed by atoms with E-state index in [4.69, 9.17) is 4.74 Å². The van der Waals surface area contributed by atoms with E-state index < -0.39 is 24.0 Å². The Labute approximate surface area is 141 Å². The average molecular weight is 336 g/mol. The largest absolute Gasteiger partial charge is 0.467 e. The molecule has 0 fully saturated rings. The molecule has 1 aromatic rings. The third-order valence-corrected chi connectivity index (χ3v) is 3.34.